The van der Waals surface area contributed by atoms with E-state index in [4.69, 9.17) is 0 Å². The van der Waals surface area contributed by atoms with Gasteiger partial charge in [-0.15, -0.1) is 0 Å². The summed E-state index contributed by atoms with van der Waals surface area (Å²) in [5, 5.41) is 3.67. The predicted octanol–water partition coefficient (Wildman–Crippen LogP) is 1.40. The zero-order valence-electron chi connectivity index (χ0n) is 11.8. The third kappa shape index (κ3) is 4.23. The fourth-order valence-corrected chi connectivity index (χ4v) is 2.85. The van der Waals surface area contributed by atoms with Crippen LogP contribution in [0.1, 0.15) is 32.6 Å². The van der Waals surface area contributed by atoms with Gasteiger partial charge >= 0.3 is 0 Å². The van der Waals surface area contributed by atoms with E-state index in [1.807, 2.05) is 0 Å². The van der Waals surface area contributed by atoms with Gasteiger partial charge in [0, 0.05) is 25.2 Å². The minimum absolute atomic E-state index is 0.737. The maximum Gasteiger partial charge on any atom is 0.0117 e. The molecule has 2 aliphatic rings. The van der Waals surface area contributed by atoms with Crippen LogP contribution in [0.3, 0.4) is 0 Å². The highest BCUT2D eigenvalue weighted by Gasteiger charge is 2.27. The first-order valence-electron chi connectivity index (χ1n) is 7.29. The van der Waals surface area contributed by atoms with Gasteiger partial charge in [-0.25, -0.2) is 0 Å². The zero-order chi connectivity index (χ0) is 12.3. The number of hydrogen-bond acceptors (Lipinski definition) is 3. The van der Waals surface area contributed by atoms with E-state index in [-0.39, 0.29) is 0 Å². The summed E-state index contributed by atoms with van der Waals surface area (Å²) in [6, 6.07) is 1.55. The van der Waals surface area contributed by atoms with Gasteiger partial charge < -0.3 is 15.1 Å². The van der Waals surface area contributed by atoms with Gasteiger partial charge in [0.2, 0.25) is 0 Å². The van der Waals surface area contributed by atoms with Crippen LogP contribution in [0.15, 0.2) is 0 Å². The summed E-state index contributed by atoms with van der Waals surface area (Å²) in [6.07, 6.45) is 5.56. The van der Waals surface area contributed by atoms with Gasteiger partial charge in [-0.05, 0) is 65.7 Å². The quantitative estimate of drug-likeness (QED) is 0.756. The molecule has 0 bridgehead atoms. The molecular formula is C14H29N3. The van der Waals surface area contributed by atoms with E-state index in [1.165, 1.54) is 45.3 Å². The molecule has 1 aliphatic heterocycles. The summed E-state index contributed by atoms with van der Waals surface area (Å²) in [7, 11) is 4.52. The molecule has 1 heterocycles. The number of nitrogens with one attached hydrogen (secondary N) is 1. The van der Waals surface area contributed by atoms with Crippen molar-refractivity contribution in [1.29, 1.82) is 0 Å². The van der Waals surface area contributed by atoms with Crippen molar-refractivity contribution in [3.63, 3.8) is 0 Å². The Kier molecular flexibility index (Phi) is 4.83. The van der Waals surface area contributed by atoms with Crippen molar-refractivity contribution in [2.75, 3.05) is 40.3 Å². The lowest BCUT2D eigenvalue weighted by Crippen LogP contribution is -2.44. The predicted molar refractivity (Wildman–Crippen MR) is 73.3 cm³/mol. The van der Waals surface area contributed by atoms with Crippen molar-refractivity contribution in [3.8, 4) is 0 Å². The van der Waals surface area contributed by atoms with Gasteiger partial charge in [0.05, 0.1) is 0 Å². The van der Waals surface area contributed by atoms with Gasteiger partial charge in [0.15, 0.2) is 0 Å². The minimum atomic E-state index is 0.737. The lowest BCUT2D eigenvalue weighted by Gasteiger charge is -2.35. The molecule has 0 amide bonds. The highest BCUT2D eigenvalue weighted by atomic mass is 15.2. The van der Waals surface area contributed by atoms with Gasteiger partial charge in [-0.2, -0.15) is 0 Å². The first-order chi connectivity index (χ1) is 8.16. The number of hydrogen-bond donors (Lipinski definition) is 1. The highest BCUT2D eigenvalue weighted by molar-refractivity contribution is 4.83. The van der Waals surface area contributed by atoms with Crippen LogP contribution < -0.4 is 5.32 Å². The van der Waals surface area contributed by atoms with Crippen LogP contribution in [0.4, 0.5) is 0 Å². The van der Waals surface area contributed by atoms with Crippen molar-refractivity contribution in [2.24, 2.45) is 5.92 Å². The number of likely N-dealkylation sites (tertiary alicyclic amines) is 1. The molecule has 0 spiro atoms. The Hall–Kier alpha value is -0.120. The Morgan fingerprint density at radius 2 is 1.88 bits per heavy atom. The molecule has 0 radical (unpaired) electrons. The molecule has 1 saturated carbocycles. The normalized spacial score (nSPS) is 25.4. The van der Waals surface area contributed by atoms with Crippen molar-refractivity contribution in [2.45, 2.75) is 44.7 Å². The molecule has 1 unspecified atom stereocenters. The summed E-state index contributed by atoms with van der Waals surface area (Å²) < 4.78 is 0. The summed E-state index contributed by atoms with van der Waals surface area (Å²) in [6.45, 7) is 7.22. The van der Waals surface area contributed by atoms with Gasteiger partial charge in [-0.1, -0.05) is 0 Å². The Morgan fingerprint density at radius 3 is 2.47 bits per heavy atom. The third-order valence-electron chi connectivity index (χ3n) is 4.57. The van der Waals surface area contributed by atoms with E-state index in [0.29, 0.717) is 0 Å². The minimum Gasteiger partial charge on any atom is -0.313 e. The van der Waals surface area contributed by atoms with E-state index in [0.717, 1.165) is 24.5 Å². The van der Waals surface area contributed by atoms with Gasteiger partial charge in [0.25, 0.3) is 0 Å². The topological polar surface area (TPSA) is 18.5 Å². The Bertz CT molecular complexity index is 220. The van der Waals surface area contributed by atoms with Crippen LogP contribution in [0.5, 0.6) is 0 Å². The second-order valence-corrected chi connectivity index (χ2v) is 6.10. The van der Waals surface area contributed by atoms with Crippen LogP contribution in [0, 0.1) is 5.92 Å². The maximum absolute atomic E-state index is 3.67. The molecule has 0 aromatic heterocycles. The lowest BCUT2D eigenvalue weighted by molar-refractivity contribution is 0.144. The highest BCUT2D eigenvalue weighted by Crippen LogP contribution is 2.32. The van der Waals surface area contributed by atoms with Crippen molar-refractivity contribution < 1.29 is 0 Å². The average Bonchev–Trinajstić information content (AvgIpc) is 3.13. The second-order valence-electron chi connectivity index (χ2n) is 6.10. The number of likely N-dealkylation sites (N-methyl/N-ethyl adjacent to an activating group) is 1. The lowest BCUT2D eigenvalue weighted by atomic mass is 10.0. The van der Waals surface area contributed by atoms with Crippen LogP contribution in [0.2, 0.25) is 0 Å². The fraction of sp³-hybridized carbons (Fsp3) is 1.00. The molecule has 3 heteroatoms. The van der Waals surface area contributed by atoms with Gasteiger partial charge in [-0.3, -0.25) is 0 Å². The van der Waals surface area contributed by atoms with Crippen LogP contribution in [-0.2, 0) is 0 Å². The van der Waals surface area contributed by atoms with E-state index >= 15 is 0 Å². The molecule has 100 valence electrons. The number of rotatable bonds is 6. The molecule has 0 aromatic rings. The zero-order valence-corrected chi connectivity index (χ0v) is 11.8. The van der Waals surface area contributed by atoms with E-state index in [9.17, 15) is 0 Å². The largest absolute Gasteiger partial charge is 0.313 e. The fourth-order valence-electron chi connectivity index (χ4n) is 2.85. The van der Waals surface area contributed by atoms with E-state index in [2.05, 4.69) is 36.1 Å². The van der Waals surface area contributed by atoms with Crippen molar-refractivity contribution in [3.05, 3.63) is 0 Å². The monoisotopic (exact) mass is 239 g/mol. The maximum atomic E-state index is 3.67. The standard InChI is InChI=1S/C14H29N3/c1-12(13-4-5-13)15-8-11-17(3)14-6-9-16(2)10-7-14/h12-15H,4-11H2,1-3H3. The summed E-state index contributed by atoms with van der Waals surface area (Å²) in [5.41, 5.74) is 0. The van der Waals surface area contributed by atoms with E-state index in [1.54, 1.807) is 0 Å². The third-order valence-corrected chi connectivity index (χ3v) is 4.57. The summed E-state index contributed by atoms with van der Waals surface area (Å²) in [5.74, 6) is 0.976. The summed E-state index contributed by atoms with van der Waals surface area (Å²) >= 11 is 0. The Balaban J connectivity index is 1.58. The average molecular weight is 239 g/mol. The number of nitrogens with zero attached hydrogens (tertiary/aromatic N) is 2. The second kappa shape index (κ2) is 6.17. The molecule has 1 aliphatic carbocycles. The van der Waals surface area contributed by atoms with Crippen molar-refractivity contribution >= 4 is 0 Å². The molecule has 17 heavy (non-hydrogen) atoms. The molecule has 2 fully saturated rings. The Morgan fingerprint density at radius 1 is 1.24 bits per heavy atom. The summed E-state index contributed by atoms with van der Waals surface area (Å²) in [4.78, 5) is 5.00. The SMILES string of the molecule is CC(NCCN(C)C1CCN(C)CC1)C1CC1. The molecule has 1 N–H and O–H groups in total. The first-order valence-corrected chi connectivity index (χ1v) is 7.29. The Labute approximate surface area is 107 Å². The molecule has 1 saturated heterocycles. The molecule has 3 nitrogen and oxygen atoms in total. The van der Waals surface area contributed by atoms with E-state index < -0.39 is 0 Å². The van der Waals surface area contributed by atoms with Crippen LogP contribution >= 0.6 is 0 Å². The van der Waals surface area contributed by atoms with Crippen molar-refractivity contribution in [1.82, 2.24) is 15.1 Å². The number of piperidine rings is 1. The molecular weight excluding hydrogens is 210 g/mol. The molecule has 0 aromatic carbocycles. The van der Waals surface area contributed by atoms with Crippen LogP contribution in [0.25, 0.3) is 0 Å². The van der Waals surface area contributed by atoms with Gasteiger partial charge in [0.1, 0.15) is 0 Å². The molecule has 1 atom stereocenters. The van der Waals surface area contributed by atoms with Crippen LogP contribution in [-0.4, -0.2) is 62.2 Å². The first kappa shape index (κ1) is 13.3. The molecule has 2 rings (SSSR count). The smallest absolute Gasteiger partial charge is 0.0117 e.